The average molecular weight is 242 g/mol. The summed E-state index contributed by atoms with van der Waals surface area (Å²) >= 11 is 1.70. The summed E-state index contributed by atoms with van der Waals surface area (Å²) < 4.78 is 1.91. The summed E-state index contributed by atoms with van der Waals surface area (Å²) in [4.78, 5) is 15.4. The summed E-state index contributed by atoms with van der Waals surface area (Å²) in [5.74, 6) is 0.838. The molecule has 3 N–H and O–H groups in total. The Morgan fingerprint density at radius 1 is 1.69 bits per heavy atom. The van der Waals surface area contributed by atoms with Crippen LogP contribution in [0.3, 0.4) is 0 Å². The third-order valence-corrected chi connectivity index (χ3v) is 2.84. The van der Waals surface area contributed by atoms with Crippen molar-refractivity contribution in [2.24, 2.45) is 5.73 Å². The van der Waals surface area contributed by atoms with E-state index in [-0.39, 0.29) is 5.91 Å². The molecule has 0 aliphatic rings. The van der Waals surface area contributed by atoms with Gasteiger partial charge in [-0.25, -0.2) is 4.98 Å². The minimum atomic E-state index is -0.393. The summed E-state index contributed by atoms with van der Waals surface area (Å²) in [7, 11) is 0. The summed E-state index contributed by atoms with van der Waals surface area (Å²) in [5.41, 5.74) is 5.72. The standard InChI is InChI=1S/C10H18N4OS/c1-16-7-2-9(11)10(15)13-4-6-14-5-3-12-8-14/h3,5,8-9H,2,4,6-7,11H2,1H3,(H,13,15)/t9-/m0/s1. The zero-order valence-corrected chi connectivity index (χ0v) is 10.2. The van der Waals surface area contributed by atoms with Crippen molar-refractivity contribution >= 4 is 17.7 Å². The second kappa shape index (κ2) is 7.29. The third-order valence-electron chi connectivity index (χ3n) is 2.20. The Morgan fingerprint density at radius 3 is 3.12 bits per heavy atom. The monoisotopic (exact) mass is 242 g/mol. The van der Waals surface area contributed by atoms with Crippen molar-refractivity contribution < 1.29 is 4.79 Å². The van der Waals surface area contributed by atoms with Crippen molar-refractivity contribution in [3.63, 3.8) is 0 Å². The Labute approximate surface area is 99.8 Å². The van der Waals surface area contributed by atoms with E-state index in [0.717, 1.165) is 18.7 Å². The normalized spacial score (nSPS) is 12.4. The number of hydrogen-bond acceptors (Lipinski definition) is 4. The highest BCUT2D eigenvalue weighted by atomic mass is 32.2. The van der Waals surface area contributed by atoms with Crippen molar-refractivity contribution in [2.45, 2.75) is 19.0 Å². The number of imidazole rings is 1. The molecule has 0 aromatic carbocycles. The number of rotatable bonds is 7. The predicted octanol–water partition coefficient (Wildman–Crippen LogP) is 0.0797. The van der Waals surface area contributed by atoms with Gasteiger partial charge in [0, 0.05) is 25.5 Å². The first-order valence-corrected chi connectivity index (χ1v) is 6.61. The molecule has 1 atom stereocenters. The molecule has 1 heterocycles. The lowest BCUT2D eigenvalue weighted by Crippen LogP contribution is -2.42. The summed E-state index contributed by atoms with van der Waals surface area (Å²) in [6, 6.07) is -0.393. The van der Waals surface area contributed by atoms with Gasteiger partial charge in [0.25, 0.3) is 0 Å². The first-order chi connectivity index (χ1) is 7.74. The van der Waals surface area contributed by atoms with Gasteiger partial charge in [0.15, 0.2) is 0 Å². The van der Waals surface area contributed by atoms with E-state index in [4.69, 9.17) is 5.73 Å². The van der Waals surface area contributed by atoms with Gasteiger partial charge >= 0.3 is 0 Å². The summed E-state index contributed by atoms with van der Waals surface area (Å²) in [6.45, 7) is 1.31. The molecule has 90 valence electrons. The van der Waals surface area contributed by atoms with Crippen LogP contribution in [0.1, 0.15) is 6.42 Å². The zero-order chi connectivity index (χ0) is 11.8. The molecule has 0 aliphatic carbocycles. The summed E-state index contributed by atoms with van der Waals surface area (Å²) in [5, 5.41) is 2.81. The minimum absolute atomic E-state index is 0.0748. The molecule has 0 radical (unpaired) electrons. The first kappa shape index (κ1) is 13.1. The van der Waals surface area contributed by atoms with Gasteiger partial charge in [-0.1, -0.05) is 0 Å². The smallest absolute Gasteiger partial charge is 0.237 e. The molecular formula is C10H18N4OS. The number of hydrogen-bond donors (Lipinski definition) is 2. The molecule has 16 heavy (non-hydrogen) atoms. The van der Waals surface area contributed by atoms with Crippen molar-refractivity contribution in [2.75, 3.05) is 18.6 Å². The molecule has 0 spiro atoms. The van der Waals surface area contributed by atoms with Crippen LogP contribution in [0.5, 0.6) is 0 Å². The number of carbonyl (C=O) groups is 1. The maximum Gasteiger partial charge on any atom is 0.237 e. The lowest BCUT2D eigenvalue weighted by atomic mass is 10.2. The number of aromatic nitrogens is 2. The third kappa shape index (κ3) is 4.67. The Bertz CT molecular complexity index is 302. The first-order valence-electron chi connectivity index (χ1n) is 5.22. The molecule has 1 rings (SSSR count). The number of nitrogens with two attached hydrogens (primary N) is 1. The SMILES string of the molecule is CSCC[C@H](N)C(=O)NCCn1ccnc1. The van der Waals surface area contributed by atoms with E-state index in [9.17, 15) is 4.79 Å². The maximum atomic E-state index is 11.5. The lowest BCUT2D eigenvalue weighted by molar-refractivity contribution is -0.122. The van der Waals surface area contributed by atoms with Crippen LogP contribution < -0.4 is 11.1 Å². The van der Waals surface area contributed by atoms with E-state index in [2.05, 4.69) is 10.3 Å². The van der Waals surface area contributed by atoms with Crippen LogP contribution in [0, 0.1) is 0 Å². The molecule has 1 amide bonds. The van der Waals surface area contributed by atoms with Gasteiger partial charge in [0.05, 0.1) is 12.4 Å². The molecular weight excluding hydrogens is 224 g/mol. The Morgan fingerprint density at radius 2 is 2.50 bits per heavy atom. The van der Waals surface area contributed by atoms with Crippen LogP contribution in [0.2, 0.25) is 0 Å². The van der Waals surface area contributed by atoms with Crippen molar-refractivity contribution in [1.82, 2.24) is 14.9 Å². The highest BCUT2D eigenvalue weighted by Crippen LogP contribution is 1.98. The van der Waals surface area contributed by atoms with Crippen LogP contribution in [0.25, 0.3) is 0 Å². The highest BCUT2D eigenvalue weighted by molar-refractivity contribution is 7.98. The van der Waals surface area contributed by atoms with Crippen molar-refractivity contribution in [3.05, 3.63) is 18.7 Å². The predicted molar refractivity (Wildman–Crippen MR) is 66.2 cm³/mol. The lowest BCUT2D eigenvalue weighted by Gasteiger charge is -2.11. The minimum Gasteiger partial charge on any atom is -0.353 e. The molecule has 0 fully saturated rings. The molecule has 1 aromatic heterocycles. The van der Waals surface area contributed by atoms with Crippen LogP contribution in [-0.2, 0) is 11.3 Å². The van der Waals surface area contributed by atoms with E-state index in [1.165, 1.54) is 0 Å². The quantitative estimate of drug-likeness (QED) is 0.710. The molecule has 0 saturated carbocycles. The maximum absolute atomic E-state index is 11.5. The van der Waals surface area contributed by atoms with E-state index >= 15 is 0 Å². The fourth-order valence-corrected chi connectivity index (χ4v) is 1.72. The van der Waals surface area contributed by atoms with E-state index in [1.54, 1.807) is 24.3 Å². The molecule has 6 heteroatoms. The molecule has 0 aliphatic heterocycles. The molecule has 0 unspecified atom stereocenters. The zero-order valence-electron chi connectivity index (χ0n) is 9.43. The van der Waals surface area contributed by atoms with Gasteiger partial charge in [0.1, 0.15) is 0 Å². The van der Waals surface area contributed by atoms with Gasteiger partial charge in [-0.05, 0) is 18.4 Å². The largest absolute Gasteiger partial charge is 0.353 e. The van der Waals surface area contributed by atoms with Crippen LogP contribution in [0.15, 0.2) is 18.7 Å². The highest BCUT2D eigenvalue weighted by Gasteiger charge is 2.11. The van der Waals surface area contributed by atoms with Gasteiger partial charge in [-0.3, -0.25) is 4.79 Å². The molecule has 0 saturated heterocycles. The Balaban J connectivity index is 2.14. The summed E-state index contributed by atoms with van der Waals surface area (Å²) in [6.07, 6.45) is 8.02. The van der Waals surface area contributed by atoms with E-state index in [0.29, 0.717) is 6.54 Å². The van der Waals surface area contributed by atoms with Crippen molar-refractivity contribution in [3.8, 4) is 0 Å². The number of thioether (sulfide) groups is 1. The van der Waals surface area contributed by atoms with E-state index < -0.39 is 6.04 Å². The van der Waals surface area contributed by atoms with Gasteiger partial charge < -0.3 is 15.6 Å². The van der Waals surface area contributed by atoms with Crippen LogP contribution in [-0.4, -0.2) is 40.1 Å². The Kier molecular flexibility index (Phi) is 5.95. The number of carbonyl (C=O) groups excluding carboxylic acids is 1. The molecule has 5 nitrogen and oxygen atoms in total. The number of nitrogens with one attached hydrogen (secondary N) is 1. The van der Waals surface area contributed by atoms with Crippen LogP contribution in [0.4, 0.5) is 0 Å². The van der Waals surface area contributed by atoms with Crippen molar-refractivity contribution in [1.29, 1.82) is 0 Å². The Hall–Kier alpha value is -1.01. The topological polar surface area (TPSA) is 72.9 Å². The van der Waals surface area contributed by atoms with Gasteiger partial charge in [-0.2, -0.15) is 11.8 Å². The second-order valence-electron chi connectivity index (χ2n) is 3.48. The molecule has 1 aromatic rings. The van der Waals surface area contributed by atoms with E-state index in [1.807, 2.05) is 17.0 Å². The number of amides is 1. The fourth-order valence-electron chi connectivity index (χ4n) is 1.23. The fraction of sp³-hybridized carbons (Fsp3) is 0.600. The van der Waals surface area contributed by atoms with Gasteiger partial charge in [-0.15, -0.1) is 0 Å². The number of nitrogens with zero attached hydrogens (tertiary/aromatic N) is 2. The molecule has 0 bridgehead atoms. The second-order valence-corrected chi connectivity index (χ2v) is 4.47. The van der Waals surface area contributed by atoms with Gasteiger partial charge in [0.2, 0.25) is 5.91 Å². The van der Waals surface area contributed by atoms with Crippen LogP contribution >= 0.6 is 11.8 Å². The average Bonchev–Trinajstić information content (AvgIpc) is 2.78.